The Morgan fingerprint density at radius 1 is 1.08 bits per heavy atom. The Morgan fingerprint density at radius 3 is 2.54 bits per heavy atom. The van der Waals surface area contributed by atoms with Crippen molar-refractivity contribution in [3.05, 3.63) is 59.2 Å². The second-order valence-corrected chi connectivity index (χ2v) is 5.86. The van der Waals surface area contributed by atoms with Crippen LogP contribution in [-0.4, -0.2) is 24.1 Å². The van der Waals surface area contributed by atoms with Crippen LogP contribution in [0.5, 0.6) is 11.5 Å². The zero-order valence-corrected chi connectivity index (χ0v) is 15.0. The molecule has 6 heteroatoms. The minimum absolute atomic E-state index is 0.0507. The number of ether oxygens (including phenoxy) is 2. The first kappa shape index (κ1) is 19.3. The van der Waals surface area contributed by atoms with Gasteiger partial charge in [0.1, 0.15) is 18.1 Å². The maximum atomic E-state index is 11.7. The summed E-state index contributed by atoms with van der Waals surface area (Å²) in [5.74, 6) is -0.0307. The topological polar surface area (TPSA) is 84.9 Å². The van der Waals surface area contributed by atoms with E-state index in [2.05, 4.69) is 5.32 Å². The van der Waals surface area contributed by atoms with Crippen LogP contribution >= 0.6 is 0 Å². The highest BCUT2D eigenvalue weighted by Crippen LogP contribution is 2.26. The van der Waals surface area contributed by atoms with Gasteiger partial charge in [0, 0.05) is 24.6 Å². The van der Waals surface area contributed by atoms with Crippen molar-refractivity contribution in [2.45, 2.75) is 32.9 Å². The summed E-state index contributed by atoms with van der Waals surface area (Å²) in [6, 6.07) is 13.3. The van der Waals surface area contributed by atoms with Gasteiger partial charge in [-0.3, -0.25) is 9.59 Å². The lowest BCUT2D eigenvalue weighted by molar-refractivity contribution is -0.138. The molecule has 0 fully saturated rings. The van der Waals surface area contributed by atoms with E-state index >= 15 is 0 Å². The summed E-state index contributed by atoms with van der Waals surface area (Å²) >= 11 is 0. The zero-order chi connectivity index (χ0) is 18.9. The van der Waals surface area contributed by atoms with Gasteiger partial charge in [0.25, 0.3) is 0 Å². The van der Waals surface area contributed by atoms with Crippen molar-refractivity contribution < 1.29 is 24.2 Å². The average Bonchev–Trinajstić information content (AvgIpc) is 2.64. The number of aryl methyl sites for hydroxylation is 1. The number of benzene rings is 2. The number of carbonyl (C=O) groups excluding carboxylic acids is 1. The number of hydrogen-bond acceptors (Lipinski definition) is 4. The summed E-state index contributed by atoms with van der Waals surface area (Å²) < 4.78 is 11.2. The molecule has 2 aromatic rings. The van der Waals surface area contributed by atoms with Crippen LogP contribution < -0.4 is 14.8 Å². The molecule has 2 aromatic carbocycles. The molecule has 0 saturated heterocycles. The van der Waals surface area contributed by atoms with Crippen molar-refractivity contribution in [2.24, 2.45) is 0 Å². The van der Waals surface area contributed by atoms with Crippen LogP contribution in [0.2, 0.25) is 0 Å². The van der Waals surface area contributed by atoms with Gasteiger partial charge in [-0.2, -0.15) is 0 Å². The predicted molar refractivity (Wildman–Crippen MR) is 97.2 cm³/mol. The van der Waals surface area contributed by atoms with Crippen LogP contribution in [-0.2, 0) is 22.7 Å². The van der Waals surface area contributed by atoms with Gasteiger partial charge in [0.05, 0.1) is 13.5 Å². The number of nitrogens with one attached hydrogen (secondary N) is 1. The summed E-state index contributed by atoms with van der Waals surface area (Å²) in [4.78, 5) is 22.3. The van der Waals surface area contributed by atoms with Gasteiger partial charge >= 0.3 is 5.97 Å². The third kappa shape index (κ3) is 5.81. The number of rotatable bonds is 9. The van der Waals surface area contributed by atoms with Crippen molar-refractivity contribution >= 4 is 11.9 Å². The minimum Gasteiger partial charge on any atom is -0.497 e. The maximum absolute atomic E-state index is 11.7. The molecule has 6 nitrogen and oxygen atoms in total. The van der Waals surface area contributed by atoms with E-state index in [1.807, 2.05) is 37.3 Å². The molecule has 0 aliphatic rings. The Bertz CT molecular complexity index is 773. The molecule has 0 atom stereocenters. The zero-order valence-electron chi connectivity index (χ0n) is 15.0. The van der Waals surface area contributed by atoms with Gasteiger partial charge in [0.15, 0.2) is 0 Å². The molecule has 0 aliphatic heterocycles. The van der Waals surface area contributed by atoms with Gasteiger partial charge in [-0.15, -0.1) is 0 Å². The molecule has 0 saturated carbocycles. The standard InChI is InChI=1S/C20H23NO5/c1-14-5-3-4-6-16(14)13-26-18-11-17(25-2)8-7-15(18)12-21-19(22)9-10-20(23)24/h3-8,11H,9-10,12-13H2,1-2H3,(H,21,22)(H,23,24). The summed E-state index contributed by atoms with van der Waals surface area (Å²) in [6.45, 7) is 2.68. The smallest absolute Gasteiger partial charge is 0.303 e. The molecule has 2 N–H and O–H groups in total. The van der Waals surface area contributed by atoms with E-state index < -0.39 is 5.97 Å². The van der Waals surface area contributed by atoms with Crippen molar-refractivity contribution in [3.63, 3.8) is 0 Å². The molecule has 0 radical (unpaired) electrons. The number of hydrogen-bond donors (Lipinski definition) is 2. The molecule has 2 rings (SSSR count). The number of methoxy groups -OCH3 is 1. The molecule has 1 amide bonds. The highest BCUT2D eigenvalue weighted by Gasteiger charge is 2.10. The van der Waals surface area contributed by atoms with E-state index in [0.29, 0.717) is 18.1 Å². The first-order valence-electron chi connectivity index (χ1n) is 8.32. The molecule has 0 bridgehead atoms. The van der Waals surface area contributed by atoms with Crippen LogP contribution in [0, 0.1) is 6.92 Å². The van der Waals surface area contributed by atoms with E-state index in [4.69, 9.17) is 14.6 Å². The van der Waals surface area contributed by atoms with E-state index in [-0.39, 0.29) is 25.3 Å². The molecule has 0 spiro atoms. The molecule has 138 valence electrons. The van der Waals surface area contributed by atoms with E-state index in [9.17, 15) is 9.59 Å². The van der Waals surface area contributed by atoms with Gasteiger partial charge in [-0.1, -0.05) is 24.3 Å². The number of amides is 1. The number of carboxylic acids is 1. The largest absolute Gasteiger partial charge is 0.497 e. The summed E-state index contributed by atoms with van der Waals surface area (Å²) in [7, 11) is 1.58. The van der Waals surface area contributed by atoms with Gasteiger partial charge in [0.2, 0.25) is 5.91 Å². The average molecular weight is 357 g/mol. The number of aliphatic carboxylic acids is 1. The molecular weight excluding hydrogens is 334 g/mol. The second kappa shape index (κ2) is 9.46. The van der Waals surface area contributed by atoms with E-state index in [1.165, 1.54) is 0 Å². The highest BCUT2D eigenvalue weighted by molar-refractivity contribution is 5.80. The summed E-state index contributed by atoms with van der Waals surface area (Å²) in [6.07, 6.45) is -0.240. The predicted octanol–water partition coefficient (Wildman–Crippen LogP) is 3.06. The van der Waals surface area contributed by atoms with Crippen molar-refractivity contribution in [2.75, 3.05) is 7.11 Å². The van der Waals surface area contributed by atoms with Crippen molar-refractivity contribution in [1.82, 2.24) is 5.32 Å². The van der Waals surface area contributed by atoms with Gasteiger partial charge in [-0.05, 0) is 30.2 Å². The fourth-order valence-electron chi connectivity index (χ4n) is 2.37. The Kier molecular flexibility index (Phi) is 7.02. The monoisotopic (exact) mass is 357 g/mol. The second-order valence-electron chi connectivity index (χ2n) is 5.86. The number of carbonyl (C=O) groups is 2. The fourth-order valence-corrected chi connectivity index (χ4v) is 2.37. The van der Waals surface area contributed by atoms with E-state index in [0.717, 1.165) is 16.7 Å². The molecule has 0 aromatic heterocycles. The maximum Gasteiger partial charge on any atom is 0.303 e. The van der Waals surface area contributed by atoms with Crippen LogP contribution in [0.3, 0.4) is 0 Å². The van der Waals surface area contributed by atoms with Crippen molar-refractivity contribution in [3.8, 4) is 11.5 Å². The lowest BCUT2D eigenvalue weighted by Crippen LogP contribution is -2.23. The quantitative estimate of drug-likeness (QED) is 0.720. The molecule has 26 heavy (non-hydrogen) atoms. The minimum atomic E-state index is -0.994. The third-order valence-electron chi connectivity index (χ3n) is 3.96. The SMILES string of the molecule is COc1ccc(CNC(=O)CCC(=O)O)c(OCc2ccccc2C)c1. The van der Waals surface area contributed by atoms with Crippen LogP contribution in [0.15, 0.2) is 42.5 Å². The lowest BCUT2D eigenvalue weighted by Gasteiger charge is -2.14. The third-order valence-corrected chi connectivity index (χ3v) is 3.96. The van der Waals surface area contributed by atoms with Gasteiger partial charge < -0.3 is 19.9 Å². The van der Waals surface area contributed by atoms with Crippen LogP contribution in [0.25, 0.3) is 0 Å². The van der Waals surface area contributed by atoms with Gasteiger partial charge in [-0.25, -0.2) is 0 Å². The fraction of sp³-hybridized carbons (Fsp3) is 0.300. The Hall–Kier alpha value is -3.02. The molecule has 0 unspecified atom stereocenters. The normalized spacial score (nSPS) is 10.2. The molecule has 0 heterocycles. The first-order valence-corrected chi connectivity index (χ1v) is 8.32. The van der Waals surface area contributed by atoms with Crippen LogP contribution in [0.4, 0.5) is 0 Å². The highest BCUT2D eigenvalue weighted by atomic mass is 16.5. The lowest BCUT2D eigenvalue weighted by atomic mass is 10.1. The number of carboxylic acid groups (broad SMARTS) is 1. The molecule has 0 aliphatic carbocycles. The Balaban J connectivity index is 2.05. The summed E-state index contributed by atoms with van der Waals surface area (Å²) in [5.41, 5.74) is 3.01. The summed E-state index contributed by atoms with van der Waals surface area (Å²) in [5, 5.41) is 11.4. The molecular formula is C20H23NO5. The first-order chi connectivity index (χ1) is 12.5. The van der Waals surface area contributed by atoms with Crippen molar-refractivity contribution in [1.29, 1.82) is 0 Å². The Morgan fingerprint density at radius 2 is 1.85 bits per heavy atom. The Labute approximate surface area is 152 Å². The van der Waals surface area contributed by atoms with E-state index in [1.54, 1.807) is 19.2 Å². The van der Waals surface area contributed by atoms with Crippen LogP contribution in [0.1, 0.15) is 29.5 Å².